The van der Waals surface area contributed by atoms with Crippen molar-refractivity contribution >= 4 is 50.1 Å². The molecular weight excluding hydrogens is 1090 g/mol. The van der Waals surface area contributed by atoms with E-state index in [0.717, 1.165) is 118 Å². The van der Waals surface area contributed by atoms with Gasteiger partial charge in [-0.2, -0.15) is 19.0 Å². The molecule has 4 fully saturated rings. The number of thiophene rings is 1. The Bertz CT molecular complexity index is 3350. The van der Waals surface area contributed by atoms with Crippen molar-refractivity contribution < 1.29 is 65.0 Å². The Hall–Kier alpha value is -6.89. The van der Waals surface area contributed by atoms with Gasteiger partial charge in [-0.1, -0.05) is 74.0 Å². The Balaban J connectivity index is 0.809. The molecule has 83 heavy (non-hydrogen) atoms. The van der Waals surface area contributed by atoms with Crippen molar-refractivity contribution in [3.05, 3.63) is 148 Å². The van der Waals surface area contributed by atoms with Crippen molar-refractivity contribution in [3.63, 3.8) is 0 Å². The number of nitrogens with zero attached hydrogens (tertiary/aromatic N) is 2. The molecule has 1 aromatic heterocycles. The van der Waals surface area contributed by atoms with Gasteiger partial charge < -0.3 is 42.6 Å². The van der Waals surface area contributed by atoms with Gasteiger partial charge in [-0.25, -0.2) is 13.6 Å². The number of methoxy groups -OCH3 is 1. The van der Waals surface area contributed by atoms with Gasteiger partial charge in [0.2, 0.25) is 0 Å². The second kappa shape index (κ2) is 27.7. The predicted molar refractivity (Wildman–Crippen MR) is 314 cm³/mol. The molecule has 4 aliphatic rings. The van der Waals surface area contributed by atoms with Gasteiger partial charge in [0.1, 0.15) is 22.8 Å². The number of benzene rings is 6. The van der Waals surface area contributed by atoms with Crippen LogP contribution in [-0.2, 0) is 25.1 Å². The fourth-order valence-corrected chi connectivity index (χ4v) is 11.7. The highest BCUT2D eigenvalue weighted by atomic mass is 32.1. The highest BCUT2D eigenvalue weighted by Crippen LogP contribution is 2.44. The maximum Gasteiger partial charge on any atom is 0.429 e. The van der Waals surface area contributed by atoms with Crippen molar-refractivity contribution in [2.45, 2.75) is 103 Å². The van der Waals surface area contributed by atoms with Gasteiger partial charge in [-0.15, -0.1) is 11.3 Å². The zero-order valence-electron chi connectivity index (χ0n) is 47.1. The van der Waals surface area contributed by atoms with Crippen LogP contribution in [0.5, 0.6) is 28.7 Å². The van der Waals surface area contributed by atoms with Gasteiger partial charge in [0.25, 0.3) is 0 Å². The summed E-state index contributed by atoms with van der Waals surface area (Å²) in [6.45, 7) is 9.28. The maximum atomic E-state index is 16.5. The Morgan fingerprint density at radius 1 is 0.747 bits per heavy atom. The molecule has 11 rings (SSSR count). The molecule has 2 atom stereocenters. The number of hydrogen-bond acceptors (Lipinski definition) is 13. The third-order valence-corrected chi connectivity index (χ3v) is 16.9. The SMILES string of the molecule is CCC1(COCCCCCCOc2ccc(C(=O)Oc3c(/C=N/N=C(\C)c4cc5ccccc5s4)cc(OC(F)(F)c4ccc(-c5ccc(OCCCCCOCC6CC7CC(C6)O7)cc5)c(F)c4F)c4ccccc34)cc2OC)COC1. The molecule has 7 aromatic rings. The Kier molecular flexibility index (Phi) is 19.8. The minimum atomic E-state index is -4.41. The van der Waals surface area contributed by atoms with Crippen LogP contribution in [0, 0.1) is 23.0 Å². The molecular formula is C66H70F4N2O10S. The summed E-state index contributed by atoms with van der Waals surface area (Å²) in [5.74, 6) is -2.70. The van der Waals surface area contributed by atoms with E-state index >= 15 is 17.6 Å². The summed E-state index contributed by atoms with van der Waals surface area (Å²) >= 11 is 1.53. The molecule has 12 nitrogen and oxygen atoms in total. The first-order valence-corrected chi connectivity index (χ1v) is 29.5. The number of ether oxygens (including phenoxy) is 9. The number of carbonyl (C=O) groups excluding carboxylic acids is 1. The van der Waals surface area contributed by atoms with Crippen LogP contribution in [0.2, 0.25) is 0 Å². The molecule has 0 spiro atoms. The molecule has 17 heteroatoms. The van der Waals surface area contributed by atoms with Crippen molar-refractivity contribution in [1.29, 1.82) is 0 Å². The maximum absolute atomic E-state index is 16.5. The first-order chi connectivity index (χ1) is 40.4. The summed E-state index contributed by atoms with van der Waals surface area (Å²) in [4.78, 5) is 15.0. The second-order valence-electron chi connectivity index (χ2n) is 21.7. The predicted octanol–water partition coefficient (Wildman–Crippen LogP) is 15.7. The van der Waals surface area contributed by atoms with E-state index in [1.807, 2.05) is 30.3 Å². The van der Waals surface area contributed by atoms with Gasteiger partial charge in [-0.05, 0) is 143 Å². The zero-order chi connectivity index (χ0) is 57.8. The van der Waals surface area contributed by atoms with Gasteiger partial charge in [-0.3, -0.25) is 0 Å². The fourth-order valence-electron chi connectivity index (χ4n) is 10.7. The highest BCUT2D eigenvalue weighted by Gasteiger charge is 2.41. The highest BCUT2D eigenvalue weighted by molar-refractivity contribution is 7.20. The van der Waals surface area contributed by atoms with E-state index in [2.05, 4.69) is 17.1 Å². The van der Waals surface area contributed by atoms with Crippen molar-refractivity contribution in [3.8, 4) is 39.9 Å². The minimum absolute atomic E-state index is 0.0172. The van der Waals surface area contributed by atoms with Crippen LogP contribution < -0.4 is 23.7 Å². The van der Waals surface area contributed by atoms with Crippen LogP contribution in [0.3, 0.4) is 0 Å². The number of fused-ring (bicyclic) bond motifs is 4. The number of halogens is 4. The molecule has 1 saturated carbocycles. The van der Waals surface area contributed by atoms with Gasteiger partial charge in [0.15, 0.2) is 23.1 Å². The lowest BCUT2D eigenvalue weighted by atomic mass is 9.81. The molecule has 6 aromatic carbocycles. The lowest BCUT2D eigenvalue weighted by molar-refractivity contribution is -0.187. The quantitative estimate of drug-likeness (QED) is 0.0107. The molecule has 1 aliphatic carbocycles. The standard InChI is InChI=1S/C66H70F4N2O10S/c1-4-65(41-77-42-65)40-76-29-12-5-6-14-31-79-56-27-22-47(34-58(56)74-3)64(73)81-63-48(38-71-72-43(2)60-36-46-16-8-11-19-59(46)83-60)35-57(53-17-9-10-18-54(53)63)82-66(69,70)55-26-25-52(61(67)62(55)68)45-20-23-49(24-21-45)78-30-15-7-13-28-75-39-44-32-50-37-51(33-44)80-50/h8-11,16-27,34-36,38,44,50-51H,4-7,12-15,28-33,37,39-42H2,1-3H3/b71-38+,72-43+. The molecule has 0 N–H and O–H groups in total. The molecule has 0 radical (unpaired) electrons. The number of unbranched alkanes of at least 4 members (excludes halogenated alkanes) is 5. The van der Waals surface area contributed by atoms with Gasteiger partial charge >= 0.3 is 12.1 Å². The first-order valence-electron chi connectivity index (χ1n) is 28.7. The van der Waals surface area contributed by atoms with Crippen LogP contribution in [0.15, 0.2) is 125 Å². The normalized spacial score (nSPS) is 17.6. The Morgan fingerprint density at radius 3 is 2.17 bits per heavy atom. The summed E-state index contributed by atoms with van der Waals surface area (Å²) in [6, 6.07) is 30.2. The Morgan fingerprint density at radius 2 is 1.45 bits per heavy atom. The van der Waals surface area contributed by atoms with Gasteiger partial charge in [0, 0.05) is 51.8 Å². The summed E-state index contributed by atoms with van der Waals surface area (Å²) < 4.78 is 118. The smallest absolute Gasteiger partial charge is 0.429 e. The molecule has 0 amide bonds. The summed E-state index contributed by atoms with van der Waals surface area (Å²) in [5, 5.41) is 10.0. The summed E-state index contributed by atoms with van der Waals surface area (Å²) in [6.07, 6.45) is 8.45. The summed E-state index contributed by atoms with van der Waals surface area (Å²) in [5.41, 5.74) is -0.435. The largest absolute Gasteiger partial charge is 0.494 e. The van der Waals surface area contributed by atoms with Crippen molar-refractivity contribution in [1.82, 2.24) is 0 Å². The van der Waals surface area contributed by atoms with E-state index < -0.39 is 35.0 Å². The molecule has 3 saturated heterocycles. The van der Waals surface area contributed by atoms with Crippen molar-refractivity contribution in [2.75, 3.05) is 60.0 Å². The summed E-state index contributed by atoms with van der Waals surface area (Å²) in [7, 11) is 1.47. The van der Waals surface area contributed by atoms with E-state index in [4.69, 9.17) is 42.6 Å². The van der Waals surface area contributed by atoms with Crippen LogP contribution >= 0.6 is 11.3 Å². The average molecular weight is 1160 g/mol. The van der Waals surface area contributed by atoms with Crippen LogP contribution in [0.4, 0.5) is 17.6 Å². The van der Waals surface area contributed by atoms with E-state index in [9.17, 15) is 4.79 Å². The topological polar surface area (TPSA) is 125 Å². The van der Waals surface area contributed by atoms with E-state index in [1.165, 1.54) is 49.3 Å². The van der Waals surface area contributed by atoms with Crippen LogP contribution in [-0.4, -0.2) is 90.1 Å². The monoisotopic (exact) mass is 1160 g/mol. The molecule has 438 valence electrons. The first kappa shape index (κ1) is 59.3. The average Bonchev–Trinajstić information content (AvgIpc) is 4.13. The molecule has 3 aliphatic heterocycles. The lowest BCUT2D eigenvalue weighted by Crippen LogP contribution is -2.46. The zero-order valence-corrected chi connectivity index (χ0v) is 47.9. The third kappa shape index (κ3) is 14.7. The van der Waals surface area contributed by atoms with E-state index in [0.29, 0.717) is 67.5 Å². The van der Waals surface area contributed by atoms with E-state index in [1.54, 1.807) is 61.5 Å². The van der Waals surface area contributed by atoms with Crippen LogP contribution in [0.25, 0.3) is 32.0 Å². The molecule has 4 heterocycles. The van der Waals surface area contributed by atoms with Crippen molar-refractivity contribution in [2.24, 2.45) is 21.5 Å². The number of esters is 1. The molecule has 2 unspecified atom stereocenters. The van der Waals surface area contributed by atoms with Gasteiger partial charge in [0.05, 0.1) is 74.7 Å². The second-order valence-corrected chi connectivity index (χ2v) is 22.8. The molecule has 2 bridgehead atoms. The number of rotatable bonds is 30. The number of hydrogen-bond donors (Lipinski definition) is 0. The van der Waals surface area contributed by atoms with E-state index in [-0.39, 0.29) is 44.2 Å². The van der Waals surface area contributed by atoms with Crippen LogP contribution in [0.1, 0.15) is 111 Å². The number of carbonyl (C=O) groups is 1. The Labute approximate surface area is 485 Å². The lowest BCUT2D eigenvalue weighted by Gasteiger charge is -2.45. The minimum Gasteiger partial charge on any atom is -0.494 e. The fraction of sp³-hybridized carbons (Fsp3) is 0.409. The number of alkyl halides is 2. The third-order valence-electron chi connectivity index (χ3n) is 15.6.